The van der Waals surface area contributed by atoms with E-state index in [0.717, 1.165) is 30.4 Å². The minimum Gasteiger partial charge on any atom is -0.458 e. The van der Waals surface area contributed by atoms with E-state index >= 15 is 0 Å². The summed E-state index contributed by atoms with van der Waals surface area (Å²) in [6.07, 6.45) is 5.43. The van der Waals surface area contributed by atoms with E-state index in [0.29, 0.717) is 24.4 Å². The van der Waals surface area contributed by atoms with Crippen molar-refractivity contribution in [1.29, 1.82) is 0 Å². The van der Waals surface area contributed by atoms with Crippen LogP contribution in [-0.4, -0.2) is 57.0 Å². The number of aliphatic hydroxyl groups is 2. The number of rotatable bonds is 4. The van der Waals surface area contributed by atoms with Crippen molar-refractivity contribution in [3.05, 3.63) is 35.1 Å². The topological polar surface area (TPSA) is 122 Å². The van der Waals surface area contributed by atoms with Gasteiger partial charge in [0.2, 0.25) is 0 Å². The molecular formula is C31H47NO7. The lowest BCUT2D eigenvalue weighted by molar-refractivity contribution is -0.154. The molecule has 2 aliphatic heterocycles. The van der Waals surface area contributed by atoms with Crippen molar-refractivity contribution in [3.8, 4) is 0 Å². The van der Waals surface area contributed by atoms with Gasteiger partial charge in [0.1, 0.15) is 23.8 Å². The zero-order valence-electron chi connectivity index (χ0n) is 24.8. The number of ether oxygens (including phenoxy) is 2. The molecule has 0 amide bonds. The molecule has 3 rings (SSSR count). The molecule has 3 heterocycles. The van der Waals surface area contributed by atoms with Crippen LogP contribution in [0.3, 0.4) is 0 Å². The number of ketones is 1. The van der Waals surface area contributed by atoms with Gasteiger partial charge < -0.3 is 24.1 Å². The number of allylic oxidation sites excluding steroid dienone is 2. The van der Waals surface area contributed by atoms with Gasteiger partial charge in [0, 0.05) is 19.3 Å². The number of aliphatic hydroxyl groups excluding tert-OH is 2. The molecule has 0 radical (unpaired) electrons. The predicted molar refractivity (Wildman–Crippen MR) is 149 cm³/mol. The van der Waals surface area contributed by atoms with E-state index in [1.54, 1.807) is 27.0 Å². The second kappa shape index (κ2) is 12.5. The van der Waals surface area contributed by atoms with Gasteiger partial charge in [-0.2, -0.15) is 0 Å². The van der Waals surface area contributed by atoms with Crippen LogP contribution >= 0.6 is 0 Å². The fourth-order valence-corrected chi connectivity index (χ4v) is 5.47. The molecule has 0 aliphatic carbocycles. The third-order valence-electron chi connectivity index (χ3n) is 8.53. The second-order valence-corrected chi connectivity index (χ2v) is 12.6. The molecular weight excluding hydrogens is 498 g/mol. The van der Waals surface area contributed by atoms with Crippen LogP contribution in [0.5, 0.6) is 0 Å². The number of aryl methyl sites for hydroxylation is 1. The largest absolute Gasteiger partial charge is 0.458 e. The minimum absolute atomic E-state index is 0.0841. The highest BCUT2D eigenvalue weighted by atomic mass is 16.6. The summed E-state index contributed by atoms with van der Waals surface area (Å²) in [5.41, 5.74) is 0.883. The SMILES string of the molecule is CC(C)=CC[C@H]1C(=O)C(C)(C)[C@@H](O)CC(=O)O[C@H](C(C)=Cc2coc(C)n2)CC2OC2(C)CCC[C@H](C)[C@H]1O. The molecule has 8 nitrogen and oxygen atoms in total. The summed E-state index contributed by atoms with van der Waals surface area (Å²) in [5.74, 6) is -1.10. The predicted octanol–water partition coefficient (Wildman–Crippen LogP) is 5.35. The maximum Gasteiger partial charge on any atom is 0.309 e. The highest BCUT2D eigenvalue weighted by Gasteiger charge is 2.53. The van der Waals surface area contributed by atoms with E-state index in [2.05, 4.69) is 11.9 Å². The fourth-order valence-electron chi connectivity index (χ4n) is 5.47. The molecule has 0 bridgehead atoms. The lowest BCUT2D eigenvalue weighted by atomic mass is 9.71. The van der Waals surface area contributed by atoms with Crippen LogP contribution in [0.25, 0.3) is 6.08 Å². The quantitative estimate of drug-likeness (QED) is 0.295. The van der Waals surface area contributed by atoms with Crippen molar-refractivity contribution in [1.82, 2.24) is 4.98 Å². The van der Waals surface area contributed by atoms with E-state index in [9.17, 15) is 19.8 Å². The standard InChI is InChI=1S/C31H47NO7/c1-18(2)11-12-23-28(35)19(3)10-9-13-31(8)26(39-31)15-24(20(4)14-22-17-37-21(5)32-22)38-27(34)16-25(33)30(6,7)29(23)36/h11,14,17,19,23-26,28,33,35H,9-10,12-13,15-16H2,1-8H3/t19-,23+,24-,25-,26?,28+,31?/m0/s1. The molecule has 218 valence electrons. The van der Waals surface area contributed by atoms with Gasteiger partial charge >= 0.3 is 5.97 Å². The first-order valence-corrected chi connectivity index (χ1v) is 14.2. The zero-order chi connectivity index (χ0) is 29.1. The molecule has 0 aromatic carbocycles. The number of fused-ring (bicyclic) bond motifs is 1. The summed E-state index contributed by atoms with van der Waals surface area (Å²) >= 11 is 0. The highest BCUT2D eigenvalue weighted by Crippen LogP contribution is 2.45. The van der Waals surface area contributed by atoms with Crippen LogP contribution < -0.4 is 0 Å². The van der Waals surface area contributed by atoms with Crippen LogP contribution in [0, 0.1) is 24.2 Å². The van der Waals surface area contributed by atoms with E-state index in [1.165, 1.54) is 0 Å². The van der Waals surface area contributed by atoms with E-state index in [1.807, 2.05) is 39.8 Å². The Kier molecular flexibility index (Phi) is 10.00. The number of hydrogen-bond donors (Lipinski definition) is 2. The Morgan fingerprint density at radius 3 is 2.49 bits per heavy atom. The molecule has 2 aliphatic rings. The molecule has 39 heavy (non-hydrogen) atoms. The molecule has 2 unspecified atom stereocenters. The summed E-state index contributed by atoms with van der Waals surface area (Å²) in [5, 5.41) is 22.4. The van der Waals surface area contributed by atoms with Gasteiger partial charge in [0.15, 0.2) is 5.89 Å². The Labute approximate surface area is 232 Å². The van der Waals surface area contributed by atoms with Crippen molar-refractivity contribution in [2.45, 2.75) is 124 Å². The number of oxazole rings is 1. The lowest BCUT2D eigenvalue weighted by Gasteiger charge is -2.36. The maximum absolute atomic E-state index is 13.8. The number of Topliss-reactive ketones (excluding diaryl/α,β-unsaturated/α-hetero) is 1. The van der Waals surface area contributed by atoms with Crippen molar-refractivity contribution in [2.75, 3.05) is 0 Å². The minimum atomic E-state index is -1.27. The Hall–Kier alpha value is -2.29. The number of epoxide rings is 1. The first-order valence-electron chi connectivity index (χ1n) is 14.2. The molecule has 0 saturated carbocycles. The first-order chi connectivity index (χ1) is 18.1. The summed E-state index contributed by atoms with van der Waals surface area (Å²) < 4.78 is 17.3. The summed E-state index contributed by atoms with van der Waals surface area (Å²) in [6.45, 7) is 14.9. The van der Waals surface area contributed by atoms with E-state index in [4.69, 9.17) is 13.9 Å². The van der Waals surface area contributed by atoms with E-state index < -0.39 is 35.6 Å². The van der Waals surface area contributed by atoms with Gasteiger partial charge in [0.05, 0.1) is 35.7 Å². The van der Waals surface area contributed by atoms with Gasteiger partial charge in [0.25, 0.3) is 0 Å². The number of hydrogen-bond acceptors (Lipinski definition) is 8. The van der Waals surface area contributed by atoms with E-state index in [-0.39, 0.29) is 29.8 Å². The fraction of sp³-hybridized carbons (Fsp3) is 0.710. The third-order valence-corrected chi connectivity index (χ3v) is 8.53. The Bertz CT molecular complexity index is 1080. The number of carbonyl (C=O) groups excluding carboxylic acids is 2. The van der Waals surface area contributed by atoms with Crippen molar-refractivity contribution < 1.29 is 33.7 Å². The third kappa shape index (κ3) is 7.89. The van der Waals surface area contributed by atoms with Crippen molar-refractivity contribution in [3.63, 3.8) is 0 Å². The first kappa shape index (κ1) is 31.2. The van der Waals surface area contributed by atoms with Gasteiger partial charge in [-0.3, -0.25) is 9.59 Å². The van der Waals surface area contributed by atoms with Gasteiger partial charge in [-0.15, -0.1) is 0 Å². The number of cyclic esters (lactones) is 1. The molecule has 2 fully saturated rings. The van der Waals surface area contributed by atoms with Crippen molar-refractivity contribution in [2.24, 2.45) is 17.3 Å². The monoisotopic (exact) mass is 545 g/mol. The van der Waals surface area contributed by atoms with Crippen LogP contribution in [-0.2, 0) is 19.1 Å². The van der Waals surface area contributed by atoms with Crippen LogP contribution in [0.4, 0.5) is 0 Å². The molecule has 0 spiro atoms. The lowest BCUT2D eigenvalue weighted by Crippen LogP contribution is -2.46. The number of nitrogens with zero attached hydrogens (tertiary/aromatic N) is 1. The summed E-state index contributed by atoms with van der Waals surface area (Å²) in [7, 11) is 0. The number of carbonyl (C=O) groups is 2. The Morgan fingerprint density at radius 1 is 1.18 bits per heavy atom. The molecule has 1 aromatic rings. The normalized spacial score (nSPS) is 34.7. The van der Waals surface area contributed by atoms with Gasteiger partial charge in [-0.05, 0) is 64.5 Å². The van der Waals surface area contributed by atoms with Crippen LogP contribution in [0.1, 0.15) is 98.6 Å². The average molecular weight is 546 g/mol. The van der Waals surface area contributed by atoms with Gasteiger partial charge in [-0.1, -0.05) is 38.8 Å². The summed E-state index contributed by atoms with van der Waals surface area (Å²) in [6, 6.07) is 0. The zero-order valence-corrected chi connectivity index (χ0v) is 24.8. The Morgan fingerprint density at radius 2 is 1.87 bits per heavy atom. The summed E-state index contributed by atoms with van der Waals surface area (Å²) in [4.78, 5) is 31.2. The number of aromatic nitrogens is 1. The maximum atomic E-state index is 13.8. The highest BCUT2D eigenvalue weighted by molar-refractivity contribution is 5.88. The number of esters is 1. The van der Waals surface area contributed by atoms with Crippen molar-refractivity contribution >= 4 is 17.8 Å². The van der Waals surface area contributed by atoms with Crippen LogP contribution in [0.15, 0.2) is 27.9 Å². The molecule has 1 aromatic heterocycles. The molecule has 7 atom stereocenters. The smallest absolute Gasteiger partial charge is 0.309 e. The van der Waals surface area contributed by atoms with Gasteiger partial charge in [-0.25, -0.2) is 4.98 Å². The molecule has 2 saturated heterocycles. The molecule has 2 N–H and O–H groups in total. The second-order valence-electron chi connectivity index (χ2n) is 12.6. The van der Waals surface area contributed by atoms with Crippen LogP contribution in [0.2, 0.25) is 0 Å². The Balaban J connectivity index is 1.90. The molecule has 8 heteroatoms. The average Bonchev–Trinajstić information content (AvgIpc) is 3.29.